The Morgan fingerprint density at radius 3 is 2.61 bits per heavy atom. The highest BCUT2D eigenvalue weighted by Gasteiger charge is 2.33. The molecule has 1 aliphatic heterocycles. The molecule has 2 aliphatic rings. The summed E-state index contributed by atoms with van der Waals surface area (Å²) in [6.45, 7) is 8.64. The van der Waals surface area contributed by atoms with Crippen molar-refractivity contribution in [3.8, 4) is 11.3 Å². The van der Waals surface area contributed by atoms with E-state index in [9.17, 15) is 5.11 Å². The Labute approximate surface area is 197 Å². The van der Waals surface area contributed by atoms with Crippen LogP contribution in [0.1, 0.15) is 62.1 Å². The lowest BCUT2D eigenvalue weighted by Crippen LogP contribution is -2.42. The van der Waals surface area contributed by atoms with Gasteiger partial charge in [-0.1, -0.05) is 61.5 Å². The van der Waals surface area contributed by atoms with E-state index in [-0.39, 0.29) is 12.0 Å². The fraction of sp³-hybridized carbons (Fsp3) is 0.500. The van der Waals surface area contributed by atoms with Crippen molar-refractivity contribution < 1.29 is 5.11 Å². The van der Waals surface area contributed by atoms with Crippen LogP contribution in [-0.4, -0.2) is 44.7 Å². The van der Waals surface area contributed by atoms with E-state index in [0.29, 0.717) is 11.8 Å². The van der Waals surface area contributed by atoms with Gasteiger partial charge in [-0.2, -0.15) is 0 Å². The minimum Gasteiger partial charge on any atom is -0.396 e. The highest BCUT2D eigenvalue weighted by Crippen LogP contribution is 2.43. The monoisotopic (exact) mass is 444 g/mol. The fourth-order valence-electron chi connectivity index (χ4n) is 5.16. The molecule has 0 unspecified atom stereocenters. The molecule has 1 saturated heterocycles. The fourth-order valence-corrected chi connectivity index (χ4v) is 5.16. The molecule has 2 fully saturated rings. The van der Waals surface area contributed by atoms with Gasteiger partial charge in [-0.25, -0.2) is 4.68 Å². The summed E-state index contributed by atoms with van der Waals surface area (Å²) in [6.07, 6.45) is 7.08. The lowest BCUT2D eigenvalue weighted by molar-refractivity contribution is 0.0381. The van der Waals surface area contributed by atoms with Crippen LogP contribution in [0.15, 0.2) is 54.7 Å². The zero-order valence-corrected chi connectivity index (χ0v) is 20.0. The normalized spacial score (nSPS) is 19.7. The van der Waals surface area contributed by atoms with Crippen molar-refractivity contribution in [3.05, 3.63) is 71.4 Å². The summed E-state index contributed by atoms with van der Waals surface area (Å²) in [4.78, 5) is 2.60. The molecular weight excluding hydrogens is 408 g/mol. The average Bonchev–Trinajstić information content (AvgIpc) is 3.58. The number of hydrogen-bond donors (Lipinski definition) is 1. The number of hydrogen-bond acceptors (Lipinski definition) is 4. The Morgan fingerprint density at radius 2 is 1.85 bits per heavy atom. The van der Waals surface area contributed by atoms with E-state index in [4.69, 9.17) is 0 Å². The zero-order valence-electron chi connectivity index (χ0n) is 20.0. The number of nitrogens with zero attached hydrogens (tertiary/aromatic N) is 4. The van der Waals surface area contributed by atoms with Crippen molar-refractivity contribution >= 4 is 0 Å². The summed E-state index contributed by atoms with van der Waals surface area (Å²) in [5, 5.41) is 18.7. The number of piperidine rings is 1. The first-order valence-corrected chi connectivity index (χ1v) is 12.4. The molecule has 174 valence electrons. The first-order chi connectivity index (χ1) is 16.0. The molecule has 1 aliphatic carbocycles. The third-order valence-corrected chi connectivity index (χ3v) is 7.60. The average molecular weight is 445 g/mol. The lowest BCUT2D eigenvalue weighted by atomic mass is 9.75. The second kappa shape index (κ2) is 9.40. The van der Waals surface area contributed by atoms with E-state index in [0.717, 1.165) is 37.4 Å². The molecule has 0 amide bonds. The van der Waals surface area contributed by atoms with Gasteiger partial charge in [0.15, 0.2) is 0 Å². The van der Waals surface area contributed by atoms with Gasteiger partial charge in [-0.3, -0.25) is 4.90 Å². The van der Waals surface area contributed by atoms with Gasteiger partial charge in [0.05, 0.1) is 12.7 Å². The van der Waals surface area contributed by atoms with Gasteiger partial charge in [0, 0.05) is 25.3 Å². The van der Waals surface area contributed by atoms with Crippen LogP contribution < -0.4 is 0 Å². The molecule has 1 atom stereocenters. The molecule has 2 aromatic carbocycles. The maximum Gasteiger partial charge on any atom is 0.113 e. The largest absolute Gasteiger partial charge is 0.396 e. The molecule has 0 bridgehead atoms. The smallest absolute Gasteiger partial charge is 0.113 e. The molecule has 0 spiro atoms. The van der Waals surface area contributed by atoms with E-state index < -0.39 is 0 Å². The number of rotatable bonds is 8. The number of aromatic nitrogens is 3. The van der Waals surface area contributed by atoms with Crippen LogP contribution in [0.3, 0.4) is 0 Å². The van der Waals surface area contributed by atoms with Crippen LogP contribution in [0.25, 0.3) is 11.3 Å². The van der Waals surface area contributed by atoms with Crippen LogP contribution in [0.5, 0.6) is 0 Å². The molecule has 5 heteroatoms. The molecule has 2 heterocycles. The minimum absolute atomic E-state index is 0.00652. The molecule has 1 saturated carbocycles. The summed E-state index contributed by atoms with van der Waals surface area (Å²) in [6, 6.07) is 17.3. The second-order valence-corrected chi connectivity index (χ2v) is 10.7. The second-order valence-electron chi connectivity index (χ2n) is 10.7. The molecule has 1 aromatic heterocycles. The van der Waals surface area contributed by atoms with Gasteiger partial charge in [0.1, 0.15) is 5.69 Å². The topological polar surface area (TPSA) is 54.2 Å². The SMILES string of the molecule is CC(C)(CO)[C@H]1CCCN(Cc2ccc(-c3cn(Cc4ccccc4)nn3)cc2C2CC2)C1. The third-order valence-electron chi connectivity index (χ3n) is 7.60. The molecule has 0 radical (unpaired) electrons. The Morgan fingerprint density at radius 1 is 1.03 bits per heavy atom. The van der Waals surface area contributed by atoms with Crippen molar-refractivity contribution in [2.24, 2.45) is 11.3 Å². The van der Waals surface area contributed by atoms with Gasteiger partial charge >= 0.3 is 0 Å². The van der Waals surface area contributed by atoms with Crippen LogP contribution in [0.4, 0.5) is 0 Å². The number of aliphatic hydroxyl groups excluding tert-OH is 1. The maximum atomic E-state index is 9.84. The lowest BCUT2D eigenvalue weighted by Gasteiger charge is -2.41. The minimum atomic E-state index is -0.00652. The van der Waals surface area contributed by atoms with Crippen LogP contribution in [0, 0.1) is 11.3 Å². The summed E-state index contributed by atoms with van der Waals surface area (Å²) < 4.78 is 1.92. The summed E-state index contributed by atoms with van der Waals surface area (Å²) in [5.41, 5.74) is 6.29. The number of likely N-dealkylation sites (tertiary alicyclic amines) is 1. The third kappa shape index (κ3) is 5.20. The van der Waals surface area contributed by atoms with E-state index in [1.54, 1.807) is 0 Å². The van der Waals surface area contributed by atoms with Gasteiger partial charge in [0.2, 0.25) is 0 Å². The summed E-state index contributed by atoms with van der Waals surface area (Å²) >= 11 is 0. The molecular formula is C28H36N4O. The van der Waals surface area contributed by atoms with Crippen LogP contribution >= 0.6 is 0 Å². The van der Waals surface area contributed by atoms with Crippen LogP contribution in [0.2, 0.25) is 0 Å². The molecule has 5 rings (SSSR count). The van der Waals surface area contributed by atoms with Crippen molar-refractivity contribution in [1.29, 1.82) is 0 Å². The van der Waals surface area contributed by atoms with Gasteiger partial charge < -0.3 is 5.11 Å². The van der Waals surface area contributed by atoms with Gasteiger partial charge in [-0.15, -0.1) is 5.10 Å². The number of benzene rings is 2. The summed E-state index contributed by atoms with van der Waals surface area (Å²) in [7, 11) is 0. The Bertz CT molecular complexity index is 1070. The summed E-state index contributed by atoms with van der Waals surface area (Å²) in [5.74, 6) is 1.24. The Kier molecular flexibility index (Phi) is 6.35. The first-order valence-electron chi connectivity index (χ1n) is 12.4. The molecule has 1 N–H and O–H groups in total. The van der Waals surface area contributed by atoms with Gasteiger partial charge in [-0.05, 0) is 72.2 Å². The zero-order chi connectivity index (χ0) is 22.8. The van der Waals surface area contributed by atoms with E-state index in [2.05, 4.69) is 77.7 Å². The van der Waals surface area contributed by atoms with Crippen molar-refractivity contribution in [2.75, 3.05) is 19.7 Å². The van der Waals surface area contributed by atoms with Crippen molar-refractivity contribution in [1.82, 2.24) is 19.9 Å². The van der Waals surface area contributed by atoms with Gasteiger partial charge in [0.25, 0.3) is 0 Å². The van der Waals surface area contributed by atoms with E-state index in [1.807, 2.05) is 10.7 Å². The predicted octanol–water partition coefficient (Wildman–Crippen LogP) is 5.10. The van der Waals surface area contributed by atoms with E-state index in [1.165, 1.54) is 42.4 Å². The molecule has 5 nitrogen and oxygen atoms in total. The quantitative estimate of drug-likeness (QED) is 0.525. The Hall–Kier alpha value is -2.50. The van der Waals surface area contributed by atoms with Crippen LogP contribution in [-0.2, 0) is 13.1 Å². The highest BCUT2D eigenvalue weighted by molar-refractivity contribution is 5.60. The van der Waals surface area contributed by atoms with Crippen molar-refractivity contribution in [2.45, 2.75) is 58.5 Å². The molecule has 33 heavy (non-hydrogen) atoms. The predicted molar refractivity (Wildman–Crippen MR) is 132 cm³/mol. The van der Waals surface area contributed by atoms with E-state index >= 15 is 0 Å². The Balaban J connectivity index is 1.32. The maximum absolute atomic E-state index is 9.84. The molecule has 3 aromatic rings. The first kappa shape index (κ1) is 22.3. The number of aliphatic hydroxyl groups is 1. The standard InChI is InChI=1S/C28H36N4O/c1-28(2,20-33)25-9-6-14-31(18-25)17-24-13-12-23(15-26(24)22-10-11-22)27-19-32(30-29-27)16-21-7-4-3-5-8-21/h3-5,7-8,12-13,15,19,22,25,33H,6,9-11,14,16-18,20H2,1-2H3/t25-/m0/s1. The highest BCUT2D eigenvalue weighted by atomic mass is 16.3. The van der Waals surface area contributed by atoms with Crippen molar-refractivity contribution in [3.63, 3.8) is 0 Å².